The molecular weight excluding hydrogens is 634 g/mol. The van der Waals surface area contributed by atoms with Crippen LogP contribution in [0, 0.1) is 5.92 Å². The number of pyridine rings is 1. The Labute approximate surface area is 284 Å². The van der Waals surface area contributed by atoms with Gasteiger partial charge in [0.25, 0.3) is 11.8 Å². The predicted molar refractivity (Wildman–Crippen MR) is 184 cm³/mol. The Morgan fingerprint density at radius 1 is 0.917 bits per heavy atom. The first-order valence-electron chi connectivity index (χ1n) is 15.5. The molecule has 0 bridgehead atoms. The van der Waals surface area contributed by atoms with Crippen LogP contribution in [0.1, 0.15) is 40.4 Å². The summed E-state index contributed by atoms with van der Waals surface area (Å²) in [5, 5.41) is 10.8. The van der Waals surface area contributed by atoms with Crippen LogP contribution < -0.4 is 10.6 Å². The molecule has 2 heterocycles. The number of carbonyl (C=O) groups is 3. The van der Waals surface area contributed by atoms with E-state index in [0.717, 1.165) is 20.9 Å². The Kier molecular flexibility index (Phi) is 14.1. The average molecular weight is 676 g/mol. The van der Waals surface area contributed by atoms with Gasteiger partial charge >= 0.3 is 6.09 Å². The average Bonchev–Trinajstić information content (AvgIpc) is 3.46. The van der Waals surface area contributed by atoms with Crippen molar-refractivity contribution in [1.29, 1.82) is 0 Å². The molecule has 0 fully saturated rings. The smallest absolute Gasteiger partial charge is 0.407 e. The molecule has 2 aromatic heterocycles. The highest BCUT2D eigenvalue weighted by Crippen LogP contribution is 2.34. The monoisotopic (exact) mass is 675 g/mol. The van der Waals surface area contributed by atoms with Crippen LogP contribution in [0.4, 0.5) is 4.79 Å². The lowest BCUT2D eigenvalue weighted by Gasteiger charge is -2.21. The van der Waals surface area contributed by atoms with E-state index >= 15 is 0 Å². The second-order valence-corrected chi connectivity index (χ2v) is 11.9. The minimum atomic E-state index is -0.936. The third-order valence-electron chi connectivity index (χ3n) is 7.05. The molecule has 48 heavy (non-hydrogen) atoms. The number of benzene rings is 2. The van der Waals surface area contributed by atoms with Crippen LogP contribution in [-0.2, 0) is 18.9 Å². The zero-order valence-corrected chi connectivity index (χ0v) is 28.3. The summed E-state index contributed by atoms with van der Waals surface area (Å²) in [5.41, 5.74) is 2.37. The number of carbonyl (C=O) groups excluding carboxylic acids is 3. The summed E-state index contributed by atoms with van der Waals surface area (Å²) in [6.07, 6.45) is 4.58. The summed E-state index contributed by atoms with van der Waals surface area (Å²) >= 11 is 1.40. The van der Waals surface area contributed by atoms with Gasteiger partial charge in [-0.15, -0.1) is 0 Å². The van der Waals surface area contributed by atoms with Crippen molar-refractivity contribution < 1.29 is 33.3 Å². The maximum Gasteiger partial charge on any atom is 0.407 e. The summed E-state index contributed by atoms with van der Waals surface area (Å²) in [6, 6.07) is 17.6. The van der Waals surface area contributed by atoms with Gasteiger partial charge in [0.15, 0.2) is 0 Å². The van der Waals surface area contributed by atoms with Crippen LogP contribution in [0.25, 0.3) is 23.1 Å². The van der Waals surface area contributed by atoms with Crippen molar-refractivity contribution in [3.05, 3.63) is 83.8 Å². The third-order valence-corrected chi connectivity index (χ3v) is 8.11. The van der Waals surface area contributed by atoms with E-state index in [9.17, 15) is 14.4 Å². The summed E-state index contributed by atoms with van der Waals surface area (Å²) in [5.74, 6) is -0.909. The van der Waals surface area contributed by atoms with Crippen LogP contribution in [0.2, 0.25) is 0 Å². The molecule has 13 heteroatoms. The molecule has 2 aromatic carbocycles. The van der Waals surface area contributed by atoms with Crippen molar-refractivity contribution in [3.8, 4) is 0 Å². The largest absolute Gasteiger partial charge is 0.447 e. The van der Waals surface area contributed by atoms with Gasteiger partial charge in [0.1, 0.15) is 12.6 Å². The van der Waals surface area contributed by atoms with Gasteiger partial charge in [0.2, 0.25) is 0 Å². The standard InChI is InChI=1S/C35H41N5O7S/c1-24(2)32(38-35(43)47-22-21-46-20-19-45-18-17-44-4)34(42)40-30-23-26(48-31-11-6-5-10-28(31)33(41)36-3)13-14-27(30)29(39-40)15-12-25-9-7-8-16-37-25/h5-16,23-24,32H,17-22H2,1-4H3,(H,36,41)(H,38,43)/b15-12+. The van der Waals surface area contributed by atoms with E-state index < -0.39 is 18.0 Å². The van der Waals surface area contributed by atoms with Crippen LogP contribution in [0.3, 0.4) is 0 Å². The van der Waals surface area contributed by atoms with E-state index in [2.05, 4.69) is 15.6 Å². The van der Waals surface area contributed by atoms with Crippen molar-refractivity contribution in [2.75, 3.05) is 53.8 Å². The second-order valence-electron chi connectivity index (χ2n) is 10.8. The molecule has 1 atom stereocenters. The number of ether oxygens (including phenoxy) is 4. The topological polar surface area (TPSA) is 143 Å². The van der Waals surface area contributed by atoms with Crippen LogP contribution >= 0.6 is 11.8 Å². The zero-order chi connectivity index (χ0) is 34.3. The van der Waals surface area contributed by atoms with Gasteiger partial charge in [-0.25, -0.2) is 4.79 Å². The maximum absolute atomic E-state index is 14.1. The first-order chi connectivity index (χ1) is 23.3. The molecule has 254 valence electrons. The highest BCUT2D eigenvalue weighted by atomic mass is 32.2. The number of nitrogens with one attached hydrogen (secondary N) is 2. The van der Waals surface area contributed by atoms with Crippen molar-refractivity contribution in [2.24, 2.45) is 5.92 Å². The minimum Gasteiger partial charge on any atom is -0.447 e. The number of amides is 2. The van der Waals surface area contributed by atoms with Crippen LogP contribution in [0.15, 0.2) is 76.7 Å². The highest BCUT2D eigenvalue weighted by molar-refractivity contribution is 7.99. The third kappa shape index (κ3) is 10.2. The fourth-order valence-electron chi connectivity index (χ4n) is 4.59. The summed E-state index contributed by atoms with van der Waals surface area (Å²) in [7, 11) is 3.19. The van der Waals surface area contributed by atoms with E-state index in [1.165, 1.54) is 16.4 Å². The molecule has 0 aliphatic heterocycles. The number of hydrogen-bond acceptors (Lipinski definition) is 10. The SMILES string of the molecule is CNC(=O)c1ccccc1Sc1ccc2c(/C=C/c3ccccn3)nn(C(=O)C(NC(=O)OCCOCCOCCOC)C(C)C)c2c1. The Morgan fingerprint density at radius 2 is 1.65 bits per heavy atom. The molecule has 12 nitrogen and oxygen atoms in total. The molecule has 0 radical (unpaired) electrons. The van der Waals surface area contributed by atoms with Gasteiger partial charge in [0.05, 0.1) is 55.5 Å². The number of rotatable bonds is 17. The van der Waals surface area contributed by atoms with Crippen molar-refractivity contribution >= 4 is 52.7 Å². The first-order valence-corrected chi connectivity index (χ1v) is 16.4. The van der Waals surface area contributed by atoms with Gasteiger partial charge in [-0.05, 0) is 60.5 Å². The Balaban J connectivity index is 1.55. The zero-order valence-electron chi connectivity index (χ0n) is 27.5. The number of fused-ring (bicyclic) bond motifs is 1. The molecule has 0 aliphatic rings. The van der Waals surface area contributed by atoms with E-state index in [1.54, 1.807) is 32.5 Å². The minimum absolute atomic E-state index is 0.00812. The number of nitrogens with zero attached hydrogens (tertiary/aromatic N) is 3. The van der Waals surface area contributed by atoms with Crippen molar-refractivity contribution in [2.45, 2.75) is 29.7 Å². The number of hydrogen-bond donors (Lipinski definition) is 2. The Bertz CT molecular complexity index is 1690. The molecule has 0 aliphatic carbocycles. The van der Waals surface area contributed by atoms with Crippen molar-refractivity contribution in [3.63, 3.8) is 0 Å². The molecule has 0 saturated heterocycles. The van der Waals surface area contributed by atoms with Gasteiger partial charge < -0.3 is 29.6 Å². The highest BCUT2D eigenvalue weighted by Gasteiger charge is 2.29. The number of methoxy groups -OCH3 is 1. The van der Waals surface area contributed by atoms with Crippen LogP contribution in [-0.4, -0.2) is 92.5 Å². The van der Waals surface area contributed by atoms with E-state index in [4.69, 9.17) is 24.0 Å². The lowest BCUT2D eigenvalue weighted by Crippen LogP contribution is -2.47. The molecule has 0 spiro atoms. The summed E-state index contributed by atoms with van der Waals surface area (Å²) in [6.45, 7) is 5.59. The van der Waals surface area contributed by atoms with Gasteiger partial charge in [-0.3, -0.25) is 14.6 Å². The van der Waals surface area contributed by atoms with E-state index in [1.807, 2.05) is 74.5 Å². The van der Waals surface area contributed by atoms with Crippen molar-refractivity contribution in [1.82, 2.24) is 25.4 Å². The normalized spacial score (nSPS) is 12.0. The molecule has 2 amide bonds. The lowest BCUT2D eigenvalue weighted by atomic mass is 10.0. The Hall–Kier alpha value is -4.56. The lowest BCUT2D eigenvalue weighted by molar-refractivity contribution is 0.0127. The molecule has 0 saturated carbocycles. The number of aromatic nitrogens is 3. The molecule has 2 N–H and O–H groups in total. The maximum atomic E-state index is 14.1. The summed E-state index contributed by atoms with van der Waals surface area (Å²) < 4.78 is 22.3. The van der Waals surface area contributed by atoms with Gasteiger partial charge in [0, 0.05) is 35.5 Å². The predicted octanol–water partition coefficient (Wildman–Crippen LogP) is 5.18. The van der Waals surface area contributed by atoms with E-state index in [0.29, 0.717) is 43.2 Å². The fraction of sp³-hybridized carbons (Fsp3) is 0.343. The van der Waals surface area contributed by atoms with Crippen LogP contribution in [0.5, 0.6) is 0 Å². The molecule has 1 unspecified atom stereocenters. The Morgan fingerprint density at radius 3 is 2.35 bits per heavy atom. The molecule has 4 aromatic rings. The fourth-order valence-corrected chi connectivity index (χ4v) is 5.57. The van der Waals surface area contributed by atoms with E-state index in [-0.39, 0.29) is 25.0 Å². The number of alkyl carbamates (subject to hydrolysis) is 1. The summed E-state index contributed by atoms with van der Waals surface area (Å²) in [4.78, 5) is 45.2. The van der Waals surface area contributed by atoms with Gasteiger partial charge in [-0.2, -0.15) is 9.78 Å². The molecular formula is C35H41N5O7S. The molecule has 4 rings (SSSR count). The second kappa shape index (κ2) is 18.7. The quantitative estimate of drug-likeness (QED) is 0.144. The van der Waals surface area contributed by atoms with Gasteiger partial charge in [-0.1, -0.05) is 43.8 Å². The first kappa shape index (κ1) is 36.3.